The molecule has 0 saturated carbocycles. The quantitative estimate of drug-likeness (QED) is 0.600. The minimum absolute atomic E-state index is 0.00903. The Balaban J connectivity index is 3.34. The van der Waals surface area contributed by atoms with E-state index >= 15 is 0 Å². The van der Waals surface area contributed by atoms with Crippen molar-refractivity contribution >= 4 is 5.97 Å². The molecule has 0 amide bonds. The van der Waals surface area contributed by atoms with E-state index in [0.717, 1.165) is 0 Å². The third-order valence-electron chi connectivity index (χ3n) is 1.93. The highest BCUT2D eigenvalue weighted by molar-refractivity contribution is 5.93. The van der Waals surface area contributed by atoms with Crippen LogP contribution in [-0.2, 0) is 4.74 Å². The lowest BCUT2D eigenvalue weighted by atomic mass is 10.0. The Hall–Kier alpha value is -2.39. The monoisotopic (exact) mass is 214 g/mol. The van der Waals surface area contributed by atoms with Crippen LogP contribution in [0.4, 0.5) is 0 Å². The number of hydrogen-bond acceptors (Lipinski definition) is 3. The van der Waals surface area contributed by atoms with Crippen molar-refractivity contribution in [2.24, 2.45) is 0 Å². The molecule has 0 fully saturated rings. The molecule has 0 heterocycles. The van der Waals surface area contributed by atoms with Gasteiger partial charge in [-0.2, -0.15) is 0 Å². The summed E-state index contributed by atoms with van der Waals surface area (Å²) in [5, 5.41) is 9.69. The van der Waals surface area contributed by atoms with Crippen LogP contribution in [0.1, 0.15) is 28.4 Å². The molecule has 0 bridgehead atoms. The molecule has 0 aliphatic carbocycles. The molecule has 0 unspecified atom stereocenters. The number of aromatic hydroxyl groups is 1. The summed E-state index contributed by atoms with van der Waals surface area (Å²) in [5.41, 5.74) is 0.595. The maximum atomic E-state index is 11.5. The van der Waals surface area contributed by atoms with Crippen LogP contribution in [0.15, 0.2) is 12.1 Å². The van der Waals surface area contributed by atoms with E-state index in [1.807, 2.05) is 0 Å². The topological polar surface area (TPSA) is 46.5 Å². The van der Waals surface area contributed by atoms with Gasteiger partial charge in [0.05, 0.1) is 12.2 Å². The molecule has 16 heavy (non-hydrogen) atoms. The van der Waals surface area contributed by atoms with Crippen molar-refractivity contribution in [3.05, 3.63) is 28.8 Å². The first-order valence-corrected chi connectivity index (χ1v) is 4.61. The predicted molar refractivity (Wildman–Crippen MR) is 59.9 cm³/mol. The second-order valence-electron chi connectivity index (χ2n) is 2.93. The molecule has 80 valence electrons. The molecule has 1 N–H and O–H groups in total. The number of rotatable bonds is 2. The number of ether oxygens (including phenoxy) is 1. The van der Waals surface area contributed by atoms with Gasteiger partial charge in [-0.25, -0.2) is 4.79 Å². The fourth-order valence-corrected chi connectivity index (χ4v) is 1.19. The van der Waals surface area contributed by atoms with Crippen molar-refractivity contribution in [1.29, 1.82) is 0 Å². The summed E-state index contributed by atoms with van der Waals surface area (Å²) in [6, 6.07) is 2.83. The average molecular weight is 214 g/mol. The first-order valence-electron chi connectivity index (χ1n) is 4.61. The molecule has 1 rings (SSSR count). The van der Waals surface area contributed by atoms with E-state index in [9.17, 15) is 9.90 Å². The van der Waals surface area contributed by atoms with E-state index < -0.39 is 5.97 Å². The molecule has 0 aliphatic rings. The first kappa shape index (κ1) is 11.7. The summed E-state index contributed by atoms with van der Waals surface area (Å²) in [4.78, 5) is 11.5. The van der Waals surface area contributed by atoms with Gasteiger partial charge in [-0.3, -0.25) is 0 Å². The maximum absolute atomic E-state index is 11.5. The summed E-state index contributed by atoms with van der Waals surface area (Å²) in [7, 11) is 0. The third kappa shape index (κ3) is 2.16. The standard InChI is InChI=1S/C13H10O3/c1-4-9-7-10(5-2)12(14)11(8-9)13(15)16-6-3/h1-2,7-8,14H,6H2,3H3. The number of hydrogen-bond donors (Lipinski definition) is 1. The van der Waals surface area contributed by atoms with Gasteiger partial charge in [-0.1, -0.05) is 11.8 Å². The largest absolute Gasteiger partial charge is 0.506 e. The minimum Gasteiger partial charge on any atom is -0.506 e. The molecule has 1 aromatic rings. The number of benzene rings is 1. The van der Waals surface area contributed by atoms with Crippen molar-refractivity contribution < 1.29 is 14.6 Å². The van der Waals surface area contributed by atoms with Crippen molar-refractivity contribution in [3.63, 3.8) is 0 Å². The van der Waals surface area contributed by atoms with Gasteiger partial charge in [0, 0.05) is 5.56 Å². The average Bonchev–Trinajstić information content (AvgIpc) is 2.29. The molecule has 0 aromatic heterocycles. The zero-order valence-corrected chi connectivity index (χ0v) is 8.78. The highest BCUT2D eigenvalue weighted by Crippen LogP contribution is 2.24. The Labute approximate surface area is 94.1 Å². The van der Waals surface area contributed by atoms with Crippen LogP contribution < -0.4 is 0 Å². The SMILES string of the molecule is C#Cc1cc(C#C)c(O)c(C(=O)OCC)c1. The van der Waals surface area contributed by atoms with Gasteiger partial charge in [0.2, 0.25) is 0 Å². The normalized spacial score (nSPS) is 8.94. The van der Waals surface area contributed by atoms with Crippen LogP contribution in [0.2, 0.25) is 0 Å². The minimum atomic E-state index is -0.645. The van der Waals surface area contributed by atoms with Gasteiger partial charge in [-0.15, -0.1) is 12.8 Å². The van der Waals surface area contributed by atoms with E-state index in [-0.39, 0.29) is 23.5 Å². The van der Waals surface area contributed by atoms with Crippen molar-refractivity contribution in [2.45, 2.75) is 6.92 Å². The zero-order valence-electron chi connectivity index (χ0n) is 8.78. The molecule has 3 heteroatoms. The maximum Gasteiger partial charge on any atom is 0.341 e. The number of phenolic OH excluding ortho intramolecular Hbond substituents is 1. The molecule has 0 atom stereocenters. The van der Waals surface area contributed by atoms with Crippen molar-refractivity contribution in [1.82, 2.24) is 0 Å². The first-order chi connectivity index (χ1) is 7.63. The Morgan fingerprint density at radius 3 is 2.62 bits per heavy atom. The molecular weight excluding hydrogens is 204 g/mol. The van der Waals surface area contributed by atoms with Gasteiger partial charge in [0.1, 0.15) is 11.3 Å². The molecule has 0 saturated heterocycles. The lowest BCUT2D eigenvalue weighted by Crippen LogP contribution is -2.06. The highest BCUT2D eigenvalue weighted by atomic mass is 16.5. The lowest BCUT2D eigenvalue weighted by Gasteiger charge is -2.06. The smallest absolute Gasteiger partial charge is 0.341 e. The number of esters is 1. The molecule has 3 nitrogen and oxygen atoms in total. The number of carbonyl (C=O) groups is 1. The van der Waals surface area contributed by atoms with Crippen LogP contribution in [0.25, 0.3) is 0 Å². The van der Waals surface area contributed by atoms with Gasteiger partial charge >= 0.3 is 5.97 Å². The highest BCUT2D eigenvalue weighted by Gasteiger charge is 2.16. The fourth-order valence-electron chi connectivity index (χ4n) is 1.19. The van der Waals surface area contributed by atoms with E-state index in [1.54, 1.807) is 6.92 Å². The summed E-state index contributed by atoms with van der Waals surface area (Å²) in [6.45, 7) is 1.88. The van der Waals surface area contributed by atoms with Crippen LogP contribution in [-0.4, -0.2) is 17.7 Å². The van der Waals surface area contributed by atoms with Gasteiger partial charge < -0.3 is 9.84 Å². The van der Waals surface area contributed by atoms with Crippen LogP contribution in [0.5, 0.6) is 5.75 Å². The number of terminal acetylenes is 2. The van der Waals surface area contributed by atoms with Crippen molar-refractivity contribution in [2.75, 3.05) is 6.61 Å². The number of carbonyl (C=O) groups excluding carboxylic acids is 1. The van der Waals surface area contributed by atoms with E-state index in [1.165, 1.54) is 12.1 Å². The molecule has 1 aromatic carbocycles. The summed E-state index contributed by atoms with van der Waals surface area (Å²) in [5.74, 6) is 3.68. The van der Waals surface area contributed by atoms with Gasteiger partial charge in [0.25, 0.3) is 0 Å². The van der Waals surface area contributed by atoms with Gasteiger partial charge in [0.15, 0.2) is 0 Å². The molecule has 0 spiro atoms. The van der Waals surface area contributed by atoms with E-state index in [0.29, 0.717) is 5.56 Å². The fraction of sp³-hybridized carbons (Fsp3) is 0.154. The van der Waals surface area contributed by atoms with Crippen LogP contribution in [0, 0.1) is 24.7 Å². The second kappa shape index (κ2) is 4.91. The Morgan fingerprint density at radius 1 is 1.44 bits per heavy atom. The van der Waals surface area contributed by atoms with Crippen LogP contribution in [0.3, 0.4) is 0 Å². The predicted octanol–water partition coefficient (Wildman–Crippen LogP) is 1.53. The lowest BCUT2D eigenvalue weighted by molar-refractivity contribution is 0.0523. The molecular formula is C13H10O3. The van der Waals surface area contributed by atoms with Gasteiger partial charge in [-0.05, 0) is 19.1 Å². The van der Waals surface area contributed by atoms with E-state index in [2.05, 4.69) is 11.8 Å². The van der Waals surface area contributed by atoms with Crippen LogP contribution >= 0.6 is 0 Å². The van der Waals surface area contributed by atoms with Crippen molar-refractivity contribution in [3.8, 4) is 30.4 Å². The molecule has 0 aliphatic heterocycles. The van der Waals surface area contributed by atoms with E-state index in [4.69, 9.17) is 17.6 Å². The number of phenols is 1. The summed E-state index contributed by atoms with van der Waals surface area (Å²) >= 11 is 0. The molecule has 0 radical (unpaired) electrons. The summed E-state index contributed by atoms with van der Waals surface area (Å²) in [6.07, 6.45) is 10.4. The zero-order chi connectivity index (χ0) is 12.1. The summed E-state index contributed by atoms with van der Waals surface area (Å²) < 4.78 is 4.77. The Bertz CT molecular complexity index is 501. The Kier molecular flexibility index (Phi) is 3.58. The second-order valence-corrected chi connectivity index (χ2v) is 2.93. The third-order valence-corrected chi connectivity index (χ3v) is 1.93. The Morgan fingerprint density at radius 2 is 2.12 bits per heavy atom.